The SMILES string of the molecule is Fc1cc2c(cc1F)C1=Nc3c4cc(F)c(F)cc4c4[n]3[Sn]([Cl])([Cl])[n]3c(c5cc(F)c(F)cc5c3=NC3=NC(=N4)c4cc(F)c(F)cc43)=NC2=N1. The van der Waals surface area contributed by atoms with E-state index in [2.05, 4.69) is 30.0 Å². The van der Waals surface area contributed by atoms with E-state index >= 15 is 17.6 Å². The van der Waals surface area contributed by atoms with Gasteiger partial charge >= 0.3 is 290 Å². The van der Waals surface area contributed by atoms with Gasteiger partial charge in [0.2, 0.25) is 0 Å². The standard InChI is InChI=1S/C32H8F8N8.2ClH.Sn/c33-17-1-9-10(2-18(17)34)26-41-25(9)45-27-11-3-19(35)20(36)4-12(11)29(42-27)47-31-15-7-23(39)24(40)8-16(15)32(44-31)48-30-14-6-22(38)21(37)5-13(14)28(43-30)46-26;;;/h1-8H;2*1H;/q-2;;;+4/p-2. The summed E-state index contributed by atoms with van der Waals surface area (Å²) in [7, 11) is 15.0. The van der Waals surface area contributed by atoms with Crippen LogP contribution in [0.15, 0.2) is 78.5 Å². The molecule has 0 fully saturated rings. The number of benzene rings is 4. The zero-order chi connectivity index (χ0) is 35.4. The number of aromatic nitrogens is 2. The predicted molar refractivity (Wildman–Crippen MR) is 172 cm³/mol. The van der Waals surface area contributed by atoms with Gasteiger partial charge in [-0.05, 0) is 0 Å². The molecule has 10 rings (SSSR count). The molecule has 0 spiro atoms. The number of nitrogens with zero attached hydrogens (tertiary/aromatic N) is 8. The van der Waals surface area contributed by atoms with Gasteiger partial charge in [-0.2, -0.15) is 0 Å². The van der Waals surface area contributed by atoms with Gasteiger partial charge in [-0.25, -0.2) is 0 Å². The second kappa shape index (κ2) is 10.1. The van der Waals surface area contributed by atoms with Crippen molar-refractivity contribution in [3.63, 3.8) is 0 Å². The summed E-state index contributed by atoms with van der Waals surface area (Å²) in [5.41, 5.74) is -0.827. The number of aliphatic imine (C=N–C) groups is 4. The maximum atomic E-state index is 15.0. The molecule has 6 bridgehead atoms. The van der Waals surface area contributed by atoms with Crippen molar-refractivity contribution in [3.05, 3.63) is 128 Å². The molecule has 4 aromatic carbocycles. The first-order chi connectivity index (χ1) is 24.3. The molecule has 0 saturated heterocycles. The van der Waals surface area contributed by atoms with Gasteiger partial charge in [0.25, 0.3) is 0 Å². The molecule has 19 heteroatoms. The first-order valence-corrected chi connectivity index (χ1v) is 24.3. The van der Waals surface area contributed by atoms with Crippen molar-refractivity contribution in [2.75, 3.05) is 0 Å². The van der Waals surface area contributed by atoms with E-state index in [1.807, 2.05) is 0 Å². The summed E-state index contributed by atoms with van der Waals surface area (Å²) in [5, 5.41) is -0.521. The van der Waals surface area contributed by atoms with Gasteiger partial charge in [0.1, 0.15) is 0 Å². The second-order valence-corrected chi connectivity index (χ2v) is 25.5. The van der Waals surface area contributed by atoms with Crippen LogP contribution in [-0.2, 0) is 0 Å². The summed E-state index contributed by atoms with van der Waals surface area (Å²) < 4.78 is 121. The minimum absolute atomic E-state index is 0.0688. The van der Waals surface area contributed by atoms with Gasteiger partial charge in [-0.1, -0.05) is 0 Å². The minimum atomic E-state index is -5.84. The number of halogens is 10. The number of rotatable bonds is 0. The van der Waals surface area contributed by atoms with E-state index in [0.29, 0.717) is 0 Å². The quantitative estimate of drug-likeness (QED) is 0.117. The van der Waals surface area contributed by atoms with Crippen LogP contribution in [0.25, 0.3) is 21.5 Å². The summed E-state index contributed by atoms with van der Waals surface area (Å²) in [6.45, 7) is 0. The first-order valence-electron chi connectivity index (χ1n) is 14.5. The van der Waals surface area contributed by atoms with Crippen molar-refractivity contribution in [2.45, 2.75) is 0 Å². The Morgan fingerprint density at radius 1 is 0.373 bits per heavy atom. The van der Waals surface area contributed by atoms with Gasteiger partial charge in [0.05, 0.1) is 0 Å². The Labute approximate surface area is 288 Å². The zero-order valence-electron chi connectivity index (χ0n) is 24.5. The van der Waals surface area contributed by atoms with Crippen LogP contribution in [0.1, 0.15) is 22.3 Å². The zero-order valence-corrected chi connectivity index (χ0v) is 28.8. The predicted octanol–water partition coefficient (Wildman–Crippen LogP) is 6.96. The van der Waals surface area contributed by atoms with Crippen LogP contribution >= 0.6 is 17.8 Å². The molecule has 0 amide bonds. The second-order valence-electron chi connectivity index (χ2n) is 11.7. The van der Waals surface area contributed by atoms with Crippen LogP contribution in [0.4, 0.5) is 46.8 Å². The van der Waals surface area contributed by atoms with Gasteiger partial charge in [-0.3, -0.25) is 0 Å². The van der Waals surface area contributed by atoms with Crippen LogP contribution < -0.4 is 11.0 Å². The Morgan fingerprint density at radius 2 is 0.667 bits per heavy atom. The number of hydrogen-bond acceptors (Lipinski definition) is 6. The number of amidine groups is 4. The Bertz CT molecular complexity index is 2810. The van der Waals surface area contributed by atoms with E-state index in [1.165, 1.54) is 5.58 Å². The first kappa shape index (κ1) is 30.8. The van der Waals surface area contributed by atoms with E-state index in [-0.39, 0.29) is 89.8 Å². The van der Waals surface area contributed by atoms with Gasteiger partial charge in [0, 0.05) is 0 Å². The van der Waals surface area contributed by atoms with Crippen molar-refractivity contribution in [1.29, 1.82) is 0 Å². The Kier molecular flexibility index (Phi) is 6.11. The molecule has 2 aromatic heterocycles. The molecule has 0 unspecified atom stereocenters. The topological polar surface area (TPSA) is 84.0 Å². The third-order valence-corrected chi connectivity index (χ3v) is 18.9. The van der Waals surface area contributed by atoms with Crippen LogP contribution in [0.3, 0.4) is 0 Å². The third-order valence-electron chi connectivity index (χ3n) is 8.83. The monoisotopic (exact) mass is 846 g/mol. The summed E-state index contributed by atoms with van der Waals surface area (Å²) in [4.78, 5) is 27.2. The number of fused-ring (bicyclic) bond motifs is 14. The normalized spacial score (nSPS) is 16.2. The van der Waals surface area contributed by atoms with Crippen molar-refractivity contribution in [3.8, 4) is 0 Å². The molecular weight excluding hydrogens is 838 g/mol. The van der Waals surface area contributed by atoms with E-state index in [9.17, 15) is 17.6 Å². The maximum absolute atomic E-state index is 15.0. The summed E-state index contributed by atoms with van der Waals surface area (Å²) in [5.74, 6) is -12.0. The molecule has 6 aromatic rings. The molecule has 0 saturated carbocycles. The molecule has 0 N–H and O–H groups in total. The fraction of sp³-hybridized carbons (Fsp3) is 0. The average Bonchev–Trinajstić information content (AvgIpc) is 3.75. The molecule has 250 valence electrons. The molecule has 0 aliphatic carbocycles. The van der Waals surface area contributed by atoms with Crippen molar-refractivity contribution in [1.82, 2.24) is 5.58 Å². The van der Waals surface area contributed by atoms with Crippen LogP contribution in [0, 0.1) is 46.5 Å². The summed E-state index contributed by atoms with van der Waals surface area (Å²) >= 11 is -5.84. The van der Waals surface area contributed by atoms with Gasteiger partial charge < -0.3 is 0 Å². The molecule has 4 aliphatic heterocycles. The van der Waals surface area contributed by atoms with Crippen molar-refractivity contribution in [2.24, 2.45) is 30.0 Å². The molecule has 4 aliphatic rings. The van der Waals surface area contributed by atoms with E-state index in [0.717, 1.165) is 48.5 Å². The van der Waals surface area contributed by atoms with Crippen molar-refractivity contribution < 1.29 is 35.1 Å². The molecule has 0 atom stereocenters. The molecule has 8 nitrogen and oxygen atoms in total. The summed E-state index contributed by atoms with van der Waals surface area (Å²) in [6, 6.07) is 6.39. The Morgan fingerprint density at radius 3 is 1.02 bits per heavy atom. The fourth-order valence-electron chi connectivity index (χ4n) is 6.58. The fourth-order valence-corrected chi connectivity index (χ4v) is 16.3. The Balaban J connectivity index is 1.52. The van der Waals surface area contributed by atoms with E-state index in [4.69, 9.17) is 17.8 Å². The number of hydrogen-bond donors (Lipinski definition) is 0. The van der Waals surface area contributed by atoms with Gasteiger partial charge in [-0.15, -0.1) is 0 Å². The molecule has 0 radical (unpaired) electrons. The molecule has 6 heterocycles. The van der Waals surface area contributed by atoms with E-state index in [1.54, 1.807) is 0 Å². The molecule has 51 heavy (non-hydrogen) atoms. The van der Waals surface area contributed by atoms with Crippen molar-refractivity contribution >= 4 is 91.0 Å². The van der Waals surface area contributed by atoms with E-state index < -0.39 is 63.2 Å². The van der Waals surface area contributed by atoms with Crippen LogP contribution in [0.2, 0.25) is 0 Å². The average molecular weight is 846 g/mol. The van der Waals surface area contributed by atoms with Crippen LogP contribution in [-0.4, -0.2) is 45.6 Å². The Hall–Kier alpha value is -4.94. The van der Waals surface area contributed by atoms with Crippen LogP contribution in [0.5, 0.6) is 0 Å². The molecular formula is C32H8Cl2F8N8Sn. The van der Waals surface area contributed by atoms with Gasteiger partial charge in [0.15, 0.2) is 0 Å². The summed E-state index contributed by atoms with van der Waals surface area (Å²) in [6.07, 6.45) is 0. The third kappa shape index (κ3) is 4.08.